The number of benzene rings is 1. The molecule has 1 fully saturated rings. The number of carbonyl (C=O) groups is 2. The van der Waals surface area contributed by atoms with Crippen LogP contribution >= 0.6 is 0 Å². The second-order valence-electron chi connectivity index (χ2n) is 4.66. The largest absolute Gasteiger partial charge is 0.351 e. The highest BCUT2D eigenvalue weighted by Gasteiger charge is 2.31. The van der Waals surface area contributed by atoms with E-state index in [0.29, 0.717) is 19.4 Å². The minimum absolute atomic E-state index is 0.00134. The Morgan fingerprint density at radius 1 is 1.39 bits per heavy atom. The predicted octanol–water partition coefficient (Wildman–Crippen LogP) is 1.63. The SMILES string of the molecule is CCC(=O)N[C@H]1CC(=O)N(c2ccc(C)cc2)C1. The van der Waals surface area contributed by atoms with Crippen LogP contribution in [0.5, 0.6) is 0 Å². The molecule has 18 heavy (non-hydrogen) atoms. The van der Waals surface area contributed by atoms with Crippen LogP contribution in [0, 0.1) is 6.92 Å². The summed E-state index contributed by atoms with van der Waals surface area (Å²) < 4.78 is 0. The maximum atomic E-state index is 11.9. The zero-order valence-corrected chi connectivity index (χ0v) is 10.8. The highest BCUT2D eigenvalue weighted by atomic mass is 16.2. The van der Waals surface area contributed by atoms with E-state index in [1.165, 1.54) is 5.56 Å². The predicted molar refractivity (Wildman–Crippen MR) is 70.4 cm³/mol. The van der Waals surface area contributed by atoms with Gasteiger partial charge in [-0.15, -0.1) is 0 Å². The molecule has 0 saturated carbocycles. The summed E-state index contributed by atoms with van der Waals surface area (Å²) >= 11 is 0. The Bertz CT molecular complexity index is 453. The lowest BCUT2D eigenvalue weighted by Gasteiger charge is -2.17. The van der Waals surface area contributed by atoms with Crippen LogP contribution < -0.4 is 10.2 Å². The molecule has 1 aliphatic heterocycles. The van der Waals surface area contributed by atoms with E-state index in [0.717, 1.165) is 5.69 Å². The zero-order chi connectivity index (χ0) is 13.1. The van der Waals surface area contributed by atoms with Gasteiger partial charge in [-0.2, -0.15) is 0 Å². The Morgan fingerprint density at radius 3 is 2.67 bits per heavy atom. The van der Waals surface area contributed by atoms with Crippen LogP contribution in [0.25, 0.3) is 0 Å². The minimum atomic E-state index is -0.0637. The van der Waals surface area contributed by atoms with Gasteiger partial charge in [-0.3, -0.25) is 9.59 Å². The molecule has 0 aromatic heterocycles. The minimum Gasteiger partial charge on any atom is -0.351 e. The number of aryl methyl sites for hydroxylation is 1. The molecular weight excluding hydrogens is 228 g/mol. The third-order valence-electron chi connectivity index (χ3n) is 3.16. The van der Waals surface area contributed by atoms with Crippen LogP contribution in [0.3, 0.4) is 0 Å². The van der Waals surface area contributed by atoms with Crippen molar-refractivity contribution in [3.05, 3.63) is 29.8 Å². The number of hydrogen-bond acceptors (Lipinski definition) is 2. The van der Waals surface area contributed by atoms with Crippen molar-refractivity contribution in [2.45, 2.75) is 32.7 Å². The molecule has 0 bridgehead atoms. The Hall–Kier alpha value is -1.84. The van der Waals surface area contributed by atoms with Crippen LogP contribution in [0.2, 0.25) is 0 Å². The molecule has 1 aromatic rings. The lowest BCUT2D eigenvalue weighted by atomic mass is 10.2. The maximum absolute atomic E-state index is 11.9. The monoisotopic (exact) mass is 246 g/mol. The molecular formula is C14H18N2O2. The molecule has 0 radical (unpaired) electrons. The van der Waals surface area contributed by atoms with E-state index >= 15 is 0 Å². The van der Waals surface area contributed by atoms with Gasteiger partial charge in [-0.25, -0.2) is 0 Å². The number of amides is 2. The summed E-state index contributed by atoms with van der Waals surface area (Å²) in [6.45, 7) is 4.39. The summed E-state index contributed by atoms with van der Waals surface area (Å²) in [6.07, 6.45) is 0.842. The van der Waals surface area contributed by atoms with Gasteiger partial charge in [-0.05, 0) is 19.1 Å². The van der Waals surface area contributed by atoms with E-state index < -0.39 is 0 Å². The first kappa shape index (κ1) is 12.6. The number of rotatable bonds is 3. The Morgan fingerprint density at radius 2 is 2.06 bits per heavy atom. The lowest BCUT2D eigenvalue weighted by molar-refractivity contribution is -0.121. The topological polar surface area (TPSA) is 49.4 Å². The molecule has 1 aromatic carbocycles. The molecule has 1 heterocycles. The van der Waals surface area contributed by atoms with Crippen LogP contribution in [-0.2, 0) is 9.59 Å². The van der Waals surface area contributed by atoms with Crippen LogP contribution in [0.1, 0.15) is 25.3 Å². The lowest BCUT2D eigenvalue weighted by Crippen LogP contribution is -2.36. The Balaban J connectivity index is 2.05. The van der Waals surface area contributed by atoms with Gasteiger partial charge in [0.15, 0.2) is 0 Å². The van der Waals surface area contributed by atoms with E-state index in [-0.39, 0.29) is 17.9 Å². The quantitative estimate of drug-likeness (QED) is 0.881. The van der Waals surface area contributed by atoms with Gasteiger partial charge in [0.05, 0.1) is 6.04 Å². The number of hydrogen-bond donors (Lipinski definition) is 1. The first-order valence-electron chi connectivity index (χ1n) is 6.26. The molecule has 0 unspecified atom stereocenters. The highest BCUT2D eigenvalue weighted by molar-refractivity contribution is 5.96. The van der Waals surface area contributed by atoms with Crippen molar-refractivity contribution in [2.75, 3.05) is 11.4 Å². The Labute approximate surface area is 107 Å². The average molecular weight is 246 g/mol. The fourth-order valence-electron chi connectivity index (χ4n) is 2.11. The van der Waals surface area contributed by atoms with Crippen molar-refractivity contribution in [1.82, 2.24) is 5.32 Å². The zero-order valence-electron chi connectivity index (χ0n) is 10.8. The fraction of sp³-hybridized carbons (Fsp3) is 0.429. The van der Waals surface area contributed by atoms with Crippen molar-refractivity contribution >= 4 is 17.5 Å². The van der Waals surface area contributed by atoms with E-state index in [1.54, 1.807) is 4.90 Å². The van der Waals surface area contributed by atoms with Crippen LogP contribution in [0.15, 0.2) is 24.3 Å². The maximum Gasteiger partial charge on any atom is 0.229 e. The molecule has 1 atom stereocenters. The van der Waals surface area contributed by atoms with Crippen molar-refractivity contribution in [3.63, 3.8) is 0 Å². The first-order chi connectivity index (χ1) is 8.60. The number of nitrogens with zero attached hydrogens (tertiary/aromatic N) is 1. The second-order valence-corrected chi connectivity index (χ2v) is 4.66. The third kappa shape index (κ3) is 2.70. The highest BCUT2D eigenvalue weighted by Crippen LogP contribution is 2.21. The fourth-order valence-corrected chi connectivity index (χ4v) is 2.11. The number of anilines is 1. The van der Waals surface area contributed by atoms with Gasteiger partial charge in [0, 0.05) is 25.1 Å². The van der Waals surface area contributed by atoms with Crippen molar-refractivity contribution < 1.29 is 9.59 Å². The first-order valence-corrected chi connectivity index (χ1v) is 6.26. The summed E-state index contributed by atoms with van der Waals surface area (Å²) in [6, 6.07) is 7.79. The van der Waals surface area contributed by atoms with Crippen molar-refractivity contribution in [1.29, 1.82) is 0 Å². The molecule has 4 nitrogen and oxygen atoms in total. The summed E-state index contributed by atoms with van der Waals surface area (Å²) in [5.74, 6) is 0.0683. The molecule has 2 rings (SSSR count). The van der Waals surface area contributed by atoms with Crippen LogP contribution in [-0.4, -0.2) is 24.4 Å². The number of carbonyl (C=O) groups excluding carboxylic acids is 2. The van der Waals surface area contributed by atoms with Crippen molar-refractivity contribution in [3.8, 4) is 0 Å². The van der Waals surface area contributed by atoms with Gasteiger partial charge in [-0.1, -0.05) is 24.6 Å². The average Bonchev–Trinajstić information content (AvgIpc) is 2.71. The molecule has 2 amide bonds. The van der Waals surface area contributed by atoms with Gasteiger partial charge in [0.25, 0.3) is 0 Å². The van der Waals surface area contributed by atoms with Gasteiger partial charge >= 0.3 is 0 Å². The molecule has 0 spiro atoms. The van der Waals surface area contributed by atoms with E-state index in [1.807, 2.05) is 38.1 Å². The molecule has 1 aliphatic rings. The molecule has 96 valence electrons. The summed E-state index contributed by atoms with van der Waals surface area (Å²) in [7, 11) is 0. The molecule has 1 N–H and O–H groups in total. The summed E-state index contributed by atoms with van der Waals surface area (Å²) in [5, 5.41) is 2.87. The van der Waals surface area contributed by atoms with Crippen molar-refractivity contribution in [2.24, 2.45) is 0 Å². The second kappa shape index (κ2) is 5.21. The molecule has 4 heteroatoms. The smallest absolute Gasteiger partial charge is 0.229 e. The summed E-state index contributed by atoms with van der Waals surface area (Å²) in [4.78, 5) is 25.0. The molecule has 0 aliphatic carbocycles. The van der Waals surface area contributed by atoms with E-state index in [9.17, 15) is 9.59 Å². The van der Waals surface area contributed by atoms with Gasteiger partial charge < -0.3 is 10.2 Å². The Kier molecular flexibility index (Phi) is 3.65. The summed E-state index contributed by atoms with van der Waals surface area (Å²) in [5.41, 5.74) is 2.07. The van der Waals surface area contributed by atoms with Gasteiger partial charge in [0.2, 0.25) is 11.8 Å². The normalized spacial score (nSPS) is 19.1. The number of nitrogens with one attached hydrogen (secondary N) is 1. The third-order valence-corrected chi connectivity index (χ3v) is 3.16. The molecule has 1 saturated heterocycles. The van der Waals surface area contributed by atoms with Crippen LogP contribution in [0.4, 0.5) is 5.69 Å². The van der Waals surface area contributed by atoms with E-state index in [4.69, 9.17) is 0 Å². The standard InChI is InChI=1S/C14H18N2O2/c1-3-13(17)15-11-8-14(18)16(9-11)12-6-4-10(2)5-7-12/h4-7,11H,3,8-9H2,1-2H3,(H,15,17)/t11-/m0/s1. The van der Waals surface area contributed by atoms with Gasteiger partial charge in [0.1, 0.15) is 0 Å². The van der Waals surface area contributed by atoms with E-state index in [2.05, 4.69) is 5.32 Å².